The summed E-state index contributed by atoms with van der Waals surface area (Å²) >= 11 is 4.28. The average Bonchev–Trinajstić information content (AvgIpc) is 3.06. The number of alkyl halides is 3. The first-order valence-electron chi connectivity index (χ1n) is 10.5. The summed E-state index contributed by atoms with van der Waals surface area (Å²) < 4.78 is 44.6. The number of halogens is 3. The molecule has 0 aromatic carbocycles. The minimum absolute atomic E-state index is 0.0499. The third-order valence-electron chi connectivity index (χ3n) is 5.52. The Morgan fingerprint density at radius 3 is 2.62 bits per heavy atom. The number of nitrogens with zero attached hydrogens (tertiary/aromatic N) is 2. The number of carbonyl (C=O) groups excluding carboxylic acids is 2. The second-order valence-electron chi connectivity index (χ2n) is 9.10. The van der Waals surface area contributed by atoms with Crippen molar-refractivity contribution in [2.45, 2.75) is 58.0 Å². The molecule has 3 rings (SSSR count). The third-order valence-corrected chi connectivity index (χ3v) is 5.78. The quantitative estimate of drug-likeness (QED) is 0.515. The second-order valence-corrected chi connectivity index (χ2v) is 9.54. The molecular formula is C22H28F3N3O3S. The number of ether oxygens (including phenoxy) is 1. The van der Waals surface area contributed by atoms with Crippen molar-refractivity contribution in [3.8, 4) is 0 Å². The molecular weight excluding hydrogens is 443 g/mol. The van der Waals surface area contributed by atoms with Crippen LogP contribution in [0.15, 0.2) is 24.4 Å². The van der Waals surface area contributed by atoms with Gasteiger partial charge >= 0.3 is 12.3 Å². The van der Waals surface area contributed by atoms with E-state index in [1.807, 2.05) is 6.08 Å². The van der Waals surface area contributed by atoms with E-state index in [2.05, 4.69) is 22.9 Å². The number of amides is 2. The molecule has 3 atom stereocenters. The predicted molar refractivity (Wildman–Crippen MR) is 116 cm³/mol. The number of hydrogen-bond donors (Lipinski definition) is 2. The lowest BCUT2D eigenvalue weighted by atomic mass is 9.88. The largest absolute Gasteiger partial charge is 0.444 e. The van der Waals surface area contributed by atoms with Gasteiger partial charge in [0.05, 0.1) is 17.5 Å². The van der Waals surface area contributed by atoms with E-state index in [9.17, 15) is 22.8 Å². The highest BCUT2D eigenvalue weighted by Gasteiger charge is 2.41. The standard InChI is InChI=1S/C22H28F3N3O3S/c1-21(2,3)31-20(30)27-17-5-4-13(7-9-32)18(17)19(29)28-8-6-16-14(12-28)10-15(11-26-16)22(23,24)25/h4-5,10-11,13,17-18,32H,6-9,12H2,1-3H3,(H,27,30)/t13-,17+,18-/m0/s1. The van der Waals surface area contributed by atoms with Crippen LogP contribution >= 0.6 is 12.6 Å². The van der Waals surface area contributed by atoms with Gasteiger partial charge in [0.1, 0.15) is 5.60 Å². The van der Waals surface area contributed by atoms with E-state index in [0.717, 1.165) is 12.3 Å². The van der Waals surface area contributed by atoms with Gasteiger partial charge in [0.2, 0.25) is 5.91 Å². The van der Waals surface area contributed by atoms with Crippen LogP contribution in [0.4, 0.5) is 18.0 Å². The SMILES string of the molecule is CC(C)(C)OC(=O)N[C@@H]1C=C[C@@H](CCS)[C@@H]1C(=O)N1CCc2ncc(C(F)(F)F)cc2C1. The number of alkyl carbamates (subject to hydrolysis) is 1. The molecule has 1 aliphatic carbocycles. The number of allylic oxidation sites excluding steroid dienone is 1. The number of hydrogen-bond acceptors (Lipinski definition) is 5. The van der Waals surface area contributed by atoms with Gasteiger partial charge in [-0.25, -0.2) is 4.79 Å². The monoisotopic (exact) mass is 471 g/mol. The summed E-state index contributed by atoms with van der Waals surface area (Å²) in [6.07, 6.45) is 0.390. The van der Waals surface area contributed by atoms with Gasteiger partial charge in [0.15, 0.2) is 0 Å². The topological polar surface area (TPSA) is 71.5 Å². The number of carbonyl (C=O) groups is 2. The Balaban J connectivity index is 1.78. The van der Waals surface area contributed by atoms with Gasteiger partial charge in [-0.2, -0.15) is 25.8 Å². The predicted octanol–water partition coefficient (Wildman–Crippen LogP) is 4.00. The fraction of sp³-hybridized carbons (Fsp3) is 0.591. The van der Waals surface area contributed by atoms with Gasteiger partial charge in [0, 0.05) is 31.4 Å². The van der Waals surface area contributed by atoms with Crippen LogP contribution in [0.2, 0.25) is 0 Å². The number of nitrogens with one attached hydrogen (secondary N) is 1. The molecule has 0 saturated carbocycles. The molecule has 0 spiro atoms. The van der Waals surface area contributed by atoms with Gasteiger partial charge in [-0.05, 0) is 50.5 Å². The highest BCUT2D eigenvalue weighted by Crippen LogP contribution is 2.34. The number of pyridine rings is 1. The third kappa shape index (κ3) is 5.76. The number of thiol groups is 1. The van der Waals surface area contributed by atoms with Crippen LogP contribution in [0, 0.1) is 11.8 Å². The lowest BCUT2D eigenvalue weighted by Gasteiger charge is -2.34. The first kappa shape index (κ1) is 24.4. The average molecular weight is 472 g/mol. The highest BCUT2D eigenvalue weighted by atomic mass is 32.1. The molecule has 0 fully saturated rings. The zero-order valence-electron chi connectivity index (χ0n) is 18.3. The van der Waals surface area contributed by atoms with Crippen LogP contribution in [0.3, 0.4) is 0 Å². The summed E-state index contributed by atoms with van der Waals surface area (Å²) in [5.74, 6) is -0.374. The van der Waals surface area contributed by atoms with Crippen molar-refractivity contribution in [2.75, 3.05) is 12.3 Å². The molecule has 1 aromatic heterocycles. The van der Waals surface area contributed by atoms with Crippen molar-refractivity contribution < 1.29 is 27.5 Å². The van der Waals surface area contributed by atoms with Crippen molar-refractivity contribution in [1.29, 1.82) is 0 Å². The Morgan fingerprint density at radius 2 is 2.00 bits per heavy atom. The number of rotatable bonds is 4. The van der Waals surface area contributed by atoms with Crippen LogP contribution in [-0.2, 0) is 28.7 Å². The normalized spacial score (nSPS) is 23.1. The molecule has 1 aromatic rings. The van der Waals surface area contributed by atoms with E-state index < -0.39 is 35.4 Å². The van der Waals surface area contributed by atoms with Crippen LogP contribution in [0.25, 0.3) is 0 Å². The fourth-order valence-corrected chi connectivity index (χ4v) is 4.39. The molecule has 2 amide bonds. The van der Waals surface area contributed by atoms with Gasteiger partial charge < -0.3 is 15.0 Å². The van der Waals surface area contributed by atoms with E-state index in [4.69, 9.17) is 4.74 Å². The maximum Gasteiger partial charge on any atom is 0.417 e. The molecule has 1 N–H and O–H groups in total. The van der Waals surface area contributed by atoms with E-state index in [1.54, 1.807) is 31.7 Å². The molecule has 6 nitrogen and oxygen atoms in total. The van der Waals surface area contributed by atoms with Crippen LogP contribution < -0.4 is 5.32 Å². The lowest BCUT2D eigenvalue weighted by molar-refractivity contribution is -0.138. The Kier molecular flexibility index (Phi) is 7.12. The minimum atomic E-state index is -4.50. The van der Waals surface area contributed by atoms with Crippen molar-refractivity contribution in [3.05, 3.63) is 41.2 Å². The molecule has 32 heavy (non-hydrogen) atoms. The fourth-order valence-electron chi connectivity index (χ4n) is 4.09. The summed E-state index contributed by atoms with van der Waals surface area (Å²) in [5.41, 5.74) is -0.545. The summed E-state index contributed by atoms with van der Waals surface area (Å²) in [4.78, 5) is 31.3. The first-order valence-corrected chi connectivity index (χ1v) is 11.1. The molecule has 1 aliphatic heterocycles. The van der Waals surface area contributed by atoms with Crippen molar-refractivity contribution in [1.82, 2.24) is 15.2 Å². The summed E-state index contributed by atoms with van der Waals surface area (Å²) in [7, 11) is 0. The van der Waals surface area contributed by atoms with E-state index in [1.165, 1.54) is 0 Å². The Bertz CT molecular complexity index is 899. The molecule has 0 radical (unpaired) electrons. The maximum absolute atomic E-state index is 13.5. The van der Waals surface area contributed by atoms with Gasteiger partial charge in [-0.3, -0.25) is 9.78 Å². The van der Waals surface area contributed by atoms with Crippen LogP contribution in [0.1, 0.15) is 44.0 Å². The zero-order valence-corrected chi connectivity index (χ0v) is 19.2. The second kappa shape index (κ2) is 9.33. The smallest absolute Gasteiger partial charge is 0.417 e. The molecule has 0 bridgehead atoms. The summed E-state index contributed by atoms with van der Waals surface area (Å²) in [6, 6.07) is 0.499. The number of fused-ring (bicyclic) bond motifs is 1. The highest BCUT2D eigenvalue weighted by molar-refractivity contribution is 7.80. The Morgan fingerprint density at radius 1 is 1.28 bits per heavy atom. The van der Waals surface area contributed by atoms with E-state index in [-0.39, 0.29) is 18.4 Å². The molecule has 2 aliphatic rings. The first-order chi connectivity index (χ1) is 14.9. The van der Waals surface area contributed by atoms with Crippen molar-refractivity contribution in [2.24, 2.45) is 11.8 Å². The van der Waals surface area contributed by atoms with E-state index >= 15 is 0 Å². The number of aromatic nitrogens is 1. The maximum atomic E-state index is 13.5. The van der Waals surface area contributed by atoms with Gasteiger partial charge in [0.25, 0.3) is 0 Å². The van der Waals surface area contributed by atoms with E-state index in [0.29, 0.717) is 36.4 Å². The lowest BCUT2D eigenvalue weighted by Crippen LogP contribution is -2.49. The minimum Gasteiger partial charge on any atom is -0.444 e. The molecule has 0 saturated heterocycles. The molecule has 2 heterocycles. The molecule has 176 valence electrons. The van der Waals surface area contributed by atoms with Crippen LogP contribution in [-0.4, -0.2) is 45.8 Å². The summed E-state index contributed by atoms with van der Waals surface area (Å²) in [6.45, 7) is 5.65. The zero-order chi connectivity index (χ0) is 23.7. The molecule has 10 heteroatoms. The van der Waals surface area contributed by atoms with Crippen LogP contribution in [0.5, 0.6) is 0 Å². The molecule has 0 unspecified atom stereocenters. The van der Waals surface area contributed by atoms with Crippen molar-refractivity contribution in [3.63, 3.8) is 0 Å². The summed E-state index contributed by atoms with van der Waals surface area (Å²) in [5, 5.41) is 2.76. The Labute approximate surface area is 191 Å². The Hall–Kier alpha value is -2.23. The van der Waals surface area contributed by atoms with Crippen molar-refractivity contribution >= 4 is 24.6 Å². The van der Waals surface area contributed by atoms with Gasteiger partial charge in [-0.15, -0.1) is 0 Å². The van der Waals surface area contributed by atoms with Gasteiger partial charge in [-0.1, -0.05) is 12.2 Å².